The second-order valence-electron chi connectivity index (χ2n) is 7.95. The number of urea groups is 1. The average Bonchev–Trinajstić information content (AvgIpc) is 3.05. The summed E-state index contributed by atoms with van der Waals surface area (Å²) in [7, 11) is 1.34. The third-order valence-corrected chi connectivity index (χ3v) is 5.85. The molecule has 1 aliphatic heterocycles. The molecular formula is C24H25N3O5. The van der Waals surface area contributed by atoms with Crippen molar-refractivity contribution in [3.63, 3.8) is 0 Å². The first kappa shape index (κ1) is 21.5. The fourth-order valence-electron chi connectivity index (χ4n) is 4.06. The van der Waals surface area contributed by atoms with Gasteiger partial charge in [-0.3, -0.25) is 4.79 Å². The number of hydrogen-bond acceptors (Lipinski definition) is 6. The zero-order valence-corrected chi connectivity index (χ0v) is 17.9. The Balaban J connectivity index is 1.44. The van der Waals surface area contributed by atoms with Crippen LogP contribution in [0.2, 0.25) is 0 Å². The molecule has 2 fully saturated rings. The molecule has 0 atom stereocenters. The van der Waals surface area contributed by atoms with Crippen LogP contribution in [0, 0.1) is 0 Å². The summed E-state index contributed by atoms with van der Waals surface area (Å²) in [6, 6.07) is 13.7. The van der Waals surface area contributed by atoms with Crippen molar-refractivity contribution in [3.05, 3.63) is 65.2 Å². The zero-order valence-electron chi connectivity index (χ0n) is 17.9. The molecule has 4 rings (SSSR count). The number of carbonyl (C=O) groups is 3. The van der Waals surface area contributed by atoms with E-state index >= 15 is 0 Å². The lowest BCUT2D eigenvalue weighted by atomic mass is 9.82. The summed E-state index contributed by atoms with van der Waals surface area (Å²) < 4.78 is 10.6. The predicted molar refractivity (Wildman–Crippen MR) is 117 cm³/mol. The minimum Gasteiger partial charge on any atom is -0.488 e. The molecule has 0 unspecified atom stereocenters. The number of para-hydroxylation sites is 1. The highest BCUT2D eigenvalue weighted by Gasteiger charge is 2.51. The van der Waals surface area contributed by atoms with E-state index in [0.717, 1.165) is 29.8 Å². The Labute approximate surface area is 186 Å². The highest BCUT2D eigenvalue weighted by molar-refractivity contribution is 6.07. The maximum atomic E-state index is 12.9. The van der Waals surface area contributed by atoms with Crippen molar-refractivity contribution in [1.29, 1.82) is 0 Å². The minimum atomic E-state index is -0.806. The molecule has 0 bridgehead atoms. The summed E-state index contributed by atoms with van der Waals surface area (Å²) in [5, 5.41) is 7.94. The van der Waals surface area contributed by atoms with Crippen LogP contribution in [-0.4, -0.2) is 41.8 Å². The molecule has 1 saturated heterocycles. The van der Waals surface area contributed by atoms with Gasteiger partial charge in [-0.25, -0.2) is 9.59 Å². The third-order valence-electron chi connectivity index (χ3n) is 5.85. The lowest BCUT2D eigenvalue weighted by Gasteiger charge is -2.29. The zero-order chi connectivity index (χ0) is 22.6. The summed E-state index contributed by atoms with van der Waals surface area (Å²) in [6.07, 6.45) is 5.68. The number of ether oxygens (including phenoxy) is 2. The van der Waals surface area contributed by atoms with Gasteiger partial charge in [-0.15, -0.1) is 5.01 Å². The SMILES string of the molecule is COC(=O)c1ccc(COc2ccccc2/C=N/N2C(=O)NC3(CCCCC3)C2=O)cc1. The quantitative estimate of drug-likeness (QED) is 0.424. The molecule has 1 heterocycles. The second-order valence-corrected chi connectivity index (χ2v) is 7.95. The molecule has 2 aliphatic rings. The van der Waals surface area contributed by atoms with Gasteiger partial charge >= 0.3 is 12.0 Å². The number of benzene rings is 2. The highest BCUT2D eigenvalue weighted by Crippen LogP contribution is 2.33. The van der Waals surface area contributed by atoms with Gasteiger partial charge in [-0.05, 0) is 42.7 Å². The second kappa shape index (κ2) is 9.21. The van der Waals surface area contributed by atoms with Gasteiger partial charge < -0.3 is 14.8 Å². The molecule has 8 heteroatoms. The smallest absolute Gasteiger partial charge is 0.346 e. The van der Waals surface area contributed by atoms with Crippen LogP contribution in [0.25, 0.3) is 0 Å². The lowest BCUT2D eigenvalue weighted by Crippen LogP contribution is -2.48. The molecule has 32 heavy (non-hydrogen) atoms. The molecule has 2 aromatic carbocycles. The number of rotatable bonds is 6. The van der Waals surface area contributed by atoms with Crippen LogP contribution < -0.4 is 10.1 Å². The van der Waals surface area contributed by atoms with Gasteiger partial charge in [0, 0.05) is 5.56 Å². The Kier molecular flexibility index (Phi) is 6.20. The summed E-state index contributed by atoms with van der Waals surface area (Å²) in [5.41, 5.74) is 1.17. The summed E-state index contributed by atoms with van der Waals surface area (Å²) in [6.45, 7) is 0.276. The van der Waals surface area contributed by atoms with Crippen LogP contribution in [0.3, 0.4) is 0 Å². The fraction of sp³-hybridized carbons (Fsp3) is 0.333. The Bertz CT molecular complexity index is 1040. The van der Waals surface area contributed by atoms with Gasteiger partial charge in [0.2, 0.25) is 0 Å². The molecule has 0 aromatic heterocycles. The Hall–Kier alpha value is -3.68. The number of hydrazone groups is 1. The summed E-state index contributed by atoms with van der Waals surface area (Å²) in [5.74, 6) is -0.121. The molecule has 1 saturated carbocycles. The first-order chi connectivity index (χ1) is 15.5. The van der Waals surface area contributed by atoms with Gasteiger partial charge in [0.05, 0.1) is 18.9 Å². The van der Waals surface area contributed by atoms with Crippen molar-refractivity contribution in [2.75, 3.05) is 7.11 Å². The van der Waals surface area contributed by atoms with E-state index in [0.29, 0.717) is 29.7 Å². The number of esters is 1. The summed E-state index contributed by atoms with van der Waals surface area (Å²) >= 11 is 0. The maximum absolute atomic E-state index is 12.9. The molecule has 0 radical (unpaired) electrons. The normalized spacial score (nSPS) is 17.6. The van der Waals surface area contributed by atoms with Gasteiger partial charge in [-0.2, -0.15) is 5.10 Å². The van der Waals surface area contributed by atoms with Gasteiger partial charge in [-0.1, -0.05) is 43.5 Å². The number of methoxy groups -OCH3 is 1. The van der Waals surface area contributed by atoms with Crippen LogP contribution in [0.1, 0.15) is 53.6 Å². The van der Waals surface area contributed by atoms with E-state index < -0.39 is 17.5 Å². The lowest BCUT2D eigenvalue weighted by molar-refractivity contribution is -0.132. The maximum Gasteiger partial charge on any atom is 0.346 e. The van der Waals surface area contributed by atoms with E-state index in [2.05, 4.69) is 10.4 Å². The summed E-state index contributed by atoms with van der Waals surface area (Å²) in [4.78, 5) is 36.8. The highest BCUT2D eigenvalue weighted by atomic mass is 16.5. The van der Waals surface area contributed by atoms with Gasteiger partial charge in [0.1, 0.15) is 17.9 Å². The molecule has 8 nitrogen and oxygen atoms in total. The Morgan fingerprint density at radius 3 is 2.53 bits per heavy atom. The molecule has 1 spiro atoms. The van der Waals surface area contributed by atoms with E-state index in [1.165, 1.54) is 13.3 Å². The van der Waals surface area contributed by atoms with E-state index in [1.54, 1.807) is 36.4 Å². The number of hydrogen-bond donors (Lipinski definition) is 1. The molecule has 2 aromatic rings. The molecule has 166 valence electrons. The third kappa shape index (κ3) is 4.34. The number of imide groups is 1. The number of nitrogens with one attached hydrogen (secondary N) is 1. The standard InChI is InChI=1S/C24H25N3O5/c1-31-21(28)18-11-9-17(10-12-18)16-32-20-8-4-3-7-19(20)15-25-27-22(29)24(26-23(27)30)13-5-2-6-14-24/h3-4,7-12,15H,2,5-6,13-14,16H2,1H3,(H,26,30)/b25-15+. The van der Waals surface area contributed by atoms with Crippen LogP contribution in [0.4, 0.5) is 4.79 Å². The fourth-order valence-corrected chi connectivity index (χ4v) is 4.06. The monoisotopic (exact) mass is 435 g/mol. The van der Waals surface area contributed by atoms with E-state index in [4.69, 9.17) is 9.47 Å². The van der Waals surface area contributed by atoms with Crippen LogP contribution in [-0.2, 0) is 16.1 Å². The van der Waals surface area contributed by atoms with Crippen LogP contribution in [0.5, 0.6) is 5.75 Å². The van der Waals surface area contributed by atoms with Crippen LogP contribution >= 0.6 is 0 Å². The van der Waals surface area contributed by atoms with Gasteiger partial charge in [0.25, 0.3) is 5.91 Å². The minimum absolute atomic E-state index is 0.276. The first-order valence-corrected chi connectivity index (χ1v) is 10.6. The average molecular weight is 435 g/mol. The van der Waals surface area contributed by atoms with Crippen LogP contribution in [0.15, 0.2) is 53.6 Å². The van der Waals surface area contributed by atoms with Crippen molar-refractivity contribution in [2.24, 2.45) is 5.10 Å². The number of amides is 3. The van der Waals surface area contributed by atoms with E-state index in [1.807, 2.05) is 12.1 Å². The van der Waals surface area contributed by atoms with Gasteiger partial charge in [0.15, 0.2) is 0 Å². The number of carbonyl (C=O) groups excluding carboxylic acids is 3. The predicted octanol–water partition coefficient (Wildman–Crippen LogP) is 3.64. The van der Waals surface area contributed by atoms with Crippen molar-refractivity contribution in [3.8, 4) is 5.75 Å². The molecule has 1 aliphatic carbocycles. The topological polar surface area (TPSA) is 97.3 Å². The molecular weight excluding hydrogens is 410 g/mol. The molecule has 3 amide bonds. The first-order valence-electron chi connectivity index (χ1n) is 10.6. The Morgan fingerprint density at radius 1 is 1.09 bits per heavy atom. The van der Waals surface area contributed by atoms with E-state index in [-0.39, 0.29) is 12.5 Å². The van der Waals surface area contributed by atoms with E-state index in [9.17, 15) is 14.4 Å². The van der Waals surface area contributed by atoms with Crippen molar-refractivity contribution in [2.45, 2.75) is 44.2 Å². The number of nitrogens with zero attached hydrogens (tertiary/aromatic N) is 2. The van der Waals surface area contributed by atoms with Crippen molar-refractivity contribution in [1.82, 2.24) is 10.3 Å². The largest absolute Gasteiger partial charge is 0.488 e. The van der Waals surface area contributed by atoms with Crippen molar-refractivity contribution >= 4 is 24.1 Å². The Morgan fingerprint density at radius 2 is 1.81 bits per heavy atom. The molecule has 1 N–H and O–H groups in total. The van der Waals surface area contributed by atoms with Crippen molar-refractivity contribution < 1.29 is 23.9 Å².